The van der Waals surface area contributed by atoms with Crippen molar-refractivity contribution in [2.75, 3.05) is 12.4 Å². The molecule has 1 aromatic heterocycles. The summed E-state index contributed by atoms with van der Waals surface area (Å²) in [5, 5.41) is 14.7. The lowest BCUT2D eigenvalue weighted by atomic mass is 9.85. The van der Waals surface area contributed by atoms with Crippen molar-refractivity contribution in [3.63, 3.8) is 0 Å². The van der Waals surface area contributed by atoms with Gasteiger partial charge in [0.1, 0.15) is 11.8 Å². The lowest BCUT2D eigenvalue weighted by Crippen LogP contribution is -2.55. The van der Waals surface area contributed by atoms with Gasteiger partial charge < -0.3 is 19.9 Å². The minimum absolute atomic E-state index is 0.426. The highest BCUT2D eigenvalue weighted by Crippen LogP contribution is 2.50. The number of pyridine rings is 1. The maximum atomic E-state index is 11.5. The van der Waals surface area contributed by atoms with E-state index in [4.69, 9.17) is 9.47 Å². The van der Waals surface area contributed by atoms with Gasteiger partial charge in [-0.3, -0.25) is 0 Å². The zero-order chi connectivity index (χ0) is 20.9. The molecule has 28 heavy (non-hydrogen) atoms. The summed E-state index contributed by atoms with van der Waals surface area (Å²) >= 11 is 0. The van der Waals surface area contributed by atoms with E-state index < -0.39 is 17.4 Å². The molecule has 0 spiro atoms. The molecule has 1 aliphatic rings. The summed E-state index contributed by atoms with van der Waals surface area (Å²) in [6, 6.07) is 6.38. The van der Waals surface area contributed by atoms with Crippen LogP contribution in [0.25, 0.3) is 0 Å². The second-order valence-corrected chi connectivity index (χ2v) is 8.77. The first-order chi connectivity index (χ1) is 13.0. The van der Waals surface area contributed by atoms with Gasteiger partial charge in [0.25, 0.3) is 5.91 Å². The summed E-state index contributed by atoms with van der Waals surface area (Å²) in [5.41, 5.74) is 6.49. The van der Waals surface area contributed by atoms with Crippen LogP contribution in [0.2, 0.25) is 0 Å². The average molecular weight is 385 g/mol. The van der Waals surface area contributed by atoms with Crippen LogP contribution in [0.3, 0.4) is 0 Å². The first-order valence-electron chi connectivity index (χ1n) is 9.84. The van der Waals surface area contributed by atoms with Gasteiger partial charge in [-0.25, -0.2) is 4.98 Å². The largest absolute Gasteiger partial charge is 0.480 e. The van der Waals surface area contributed by atoms with Crippen LogP contribution < -0.4 is 10.1 Å². The molecule has 2 aromatic rings. The van der Waals surface area contributed by atoms with Crippen LogP contribution in [-0.2, 0) is 11.2 Å². The molecular weight excluding hydrogens is 352 g/mol. The number of hydrogen-bond acceptors (Lipinski definition) is 5. The first kappa shape index (κ1) is 20.6. The molecule has 2 unspecified atom stereocenters. The number of rotatable bonds is 3. The van der Waals surface area contributed by atoms with Crippen molar-refractivity contribution in [3.8, 4) is 5.88 Å². The lowest BCUT2D eigenvalue weighted by Gasteiger charge is -2.47. The van der Waals surface area contributed by atoms with Crippen LogP contribution >= 0.6 is 0 Å². The molecule has 0 saturated carbocycles. The minimum Gasteiger partial charge on any atom is -0.480 e. The van der Waals surface area contributed by atoms with E-state index in [1.54, 1.807) is 7.11 Å². The van der Waals surface area contributed by atoms with Crippen LogP contribution in [0, 0.1) is 26.2 Å². The monoisotopic (exact) mass is 384 g/mol. The molecule has 0 aliphatic carbocycles. The molecular formula is C23H32N2O3. The molecule has 5 heteroatoms. The summed E-state index contributed by atoms with van der Waals surface area (Å²) in [5.74, 6) is -1.09. The van der Waals surface area contributed by atoms with E-state index in [-0.39, 0.29) is 0 Å². The maximum absolute atomic E-state index is 11.5. The van der Waals surface area contributed by atoms with Crippen molar-refractivity contribution in [2.45, 2.75) is 66.9 Å². The third-order valence-electron chi connectivity index (χ3n) is 5.47. The Bertz CT molecular complexity index is 881. The van der Waals surface area contributed by atoms with Gasteiger partial charge in [0.05, 0.1) is 7.11 Å². The normalized spacial score (nSPS) is 21.8. The number of aryl methyl sites for hydroxylation is 3. The van der Waals surface area contributed by atoms with Crippen molar-refractivity contribution in [1.82, 2.24) is 4.98 Å². The lowest BCUT2D eigenvalue weighted by molar-refractivity contribution is -0.263. The molecule has 152 valence electrons. The molecule has 2 heterocycles. The van der Waals surface area contributed by atoms with Crippen LogP contribution in [-0.4, -0.2) is 23.1 Å². The Labute approximate surface area is 168 Å². The van der Waals surface area contributed by atoms with Crippen LogP contribution in [0.15, 0.2) is 18.2 Å². The summed E-state index contributed by atoms with van der Waals surface area (Å²) in [6.07, 6.45) is 0.385. The standard InChI is InChI=1S/C23H32N2O3/c1-9-17-15(4)24-21(27-8)19-18(17)20(16-11-13(2)10-14(3)12-16)28-23(26,25-19)22(5,6)7/h10-12,20,25-26H,9H2,1-8H3. The molecule has 0 amide bonds. The van der Waals surface area contributed by atoms with E-state index >= 15 is 0 Å². The molecule has 0 saturated heterocycles. The number of benzene rings is 1. The predicted octanol–water partition coefficient (Wildman–Crippen LogP) is 4.80. The number of nitrogens with zero attached hydrogens (tertiary/aromatic N) is 1. The molecule has 5 nitrogen and oxygen atoms in total. The summed E-state index contributed by atoms with van der Waals surface area (Å²) in [7, 11) is 1.60. The number of ether oxygens (including phenoxy) is 2. The van der Waals surface area contributed by atoms with Gasteiger partial charge in [-0.2, -0.15) is 0 Å². The number of nitrogens with one attached hydrogen (secondary N) is 1. The molecule has 2 N–H and O–H groups in total. The van der Waals surface area contributed by atoms with Gasteiger partial charge in [0, 0.05) is 16.7 Å². The maximum Gasteiger partial charge on any atom is 0.252 e. The summed E-state index contributed by atoms with van der Waals surface area (Å²) in [6.45, 7) is 14.1. The van der Waals surface area contributed by atoms with Gasteiger partial charge in [-0.1, -0.05) is 57.0 Å². The number of aliphatic hydroxyl groups is 1. The fourth-order valence-electron chi connectivity index (χ4n) is 3.93. The Morgan fingerprint density at radius 3 is 2.29 bits per heavy atom. The SMILES string of the molecule is CCc1c(C)nc(OC)c2c1C(c1cc(C)cc(C)c1)OC(O)(C(C)(C)C)N2. The van der Waals surface area contributed by atoms with E-state index in [9.17, 15) is 5.11 Å². The molecule has 2 atom stereocenters. The second kappa shape index (κ2) is 7.05. The van der Waals surface area contributed by atoms with Crippen molar-refractivity contribution in [2.24, 2.45) is 5.41 Å². The number of aromatic nitrogens is 1. The second-order valence-electron chi connectivity index (χ2n) is 8.77. The molecule has 0 radical (unpaired) electrons. The molecule has 1 aliphatic heterocycles. The number of fused-ring (bicyclic) bond motifs is 1. The Kier molecular flexibility index (Phi) is 5.19. The van der Waals surface area contributed by atoms with E-state index in [0.29, 0.717) is 11.6 Å². The highest BCUT2D eigenvalue weighted by Gasteiger charge is 2.49. The van der Waals surface area contributed by atoms with Gasteiger partial charge in [-0.15, -0.1) is 0 Å². The minimum atomic E-state index is -1.57. The third kappa shape index (κ3) is 3.38. The van der Waals surface area contributed by atoms with Crippen LogP contribution in [0.1, 0.15) is 67.3 Å². The summed E-state index contributed by atoms with van der Waals surface area (Å²) in [4.78, 5) is 4.64. The van der Waals surface area contributed by atoms with Gasteiger partial charge in [0.15, 0.2) is 0 Å². The molecule has 0 bridgehead atoms. The van der Waals surface area contributed by atoms with E-state index in [1.807, 2.05) is 27.7 Å². The fourth-order valence-corrected chi connectivity index (χ4v) is 3.93. The van der Waals surface area contributed by atoms with E-state index in [2.05, 4.69) is 49.3 Å². The predicted molar refractivity (Wildman–Crippen MR) is 112 cm³/mol. The smallest absolute Gasteiger partial charge is 0.252 e. The third-order valence-corrected chi connectivity index (χ3v) is 5.47. The Balaban J connectivity index is 2.34. The van der Waals surface area contributed by atoms with E-state index in [0.717, 1.165) is 39.9 Å². The Hall–Kier alpha value is -2.11. The fraction of sp³-hybridized carbons (Fsp3) is 0.522. The quantitative estimate of drug-likeness (QED) is 0.796. The molecule has 0 fully saturated rings. The zero-order valence-corrected chi connectivity index (χ0v) is 18.2. The number of anilines is 1. The van der Waals surface area contributed by atoms with Crippen LogP contribution in [0.5, 0.6) is 5.88 Å². The molecule has 1 aromatic carbocycles. The average Bonchev–Trinajstić information content (AvgIpc) is 2.59. The van der Waals surface area contributed by atoms with Gasteiger partial charge in [-0.05, 0) is 38.3 Å². The number of methoxy groups -OCH3 is 1. The van der Waals surface area contributed by atoms with Gasteiger partial charge >= 0.3 is 0 Å². The Morgan fingerprint density at radius 2 is 1.79 bits per heavy atom. The van der Waals surface area contributed by atoms with Crippen molar-refractivity contribution in [3.05, 3.63) is 51.7 Å². The van der Waals surface area contributed by atoms with Crippen molar-refractivity contribution < 1.29 is 14.6 Å². The van der Waals surface area contributed by atoms with Crippen molar-refractivity contribution >= 4 is 5.69 Å². The summed E-state index contributed by atoms with van der Waals surface area (Å²) < 4.78 is 12.0. The first-order valence-corrected chi connectivity index (χ1v) is 9.84. The zero-order valence-electron chi connectivity index (χ0n) is 18.2. The van der Waals surface area contributed by atoms with Gasteiger partial charge in [0.2, 0.25) is 5.88 Å². The van der Waals surface area contributed by atoms with Crippen LogP contribution in [0.4, 0.5) is 5.69 Å². The van der Waals surface area contributed by atoms with Crippen molar-refractivity contribution in [1.29, 1.82) is 0 Å². The highest BCUT2D eigenvalue weighted by atomic mass is 16.7. The number of hydrogen-bond donors (Lipinski definition) is 2. The Morgan fingerprint density at radius 1 is 1.18 bits per heavy atom. The van der Waals surface area contributed by atoms with E-state index in [1.165, 1.54) is 0 Å². The topological polar surface area (TPSA) is 63.6 Å². The molecule has 3 rings (SSSR count). The highest BCUT2D eigenvalue weighted by molar-refractivity contribution is 5.67.